The Labute approximate surface area is 123 Å². The van der Waals surface area contributed by atoms with Gasteiger partial charge in [0, 0.05) is 17.7 Å². The first-order valence-corrected chi connectivity index (χ1v) is 6.91. The Balaban J connectivity index is 1.68. The lowest BCUT2D eigenvalue weighted by molar-refractivity contribution is 0.308. The van der Waals surface area contributed by atoms with Crippen molar-refractivity contribution in [2.45, 2.75) is 12.6 Å². The Morgan fingerprint density at radius 1 is 1.19 bits per heavy atom. The molecule has 1 aliphatic rings. The summed E-state index contributed by atoms with van der Waals surface area (Å²) in [6.07, 6.45) is 0. The molecule has 106 valence electrons. The zero-order valence-electron chi connectivity index (χ0n) is 11.6. The molecule has 0 amide bonds. The lowest BCUT2D eigenvalue weighted by Gasteiger charge is -2.14. The highest BCUT2D eigenvalue weighted by molar-refractivity contribution is 5.39. The van der Waals surface area contributed by atoms with Crippen molar-refractivity contribution in [3.63, 3.8) is 0 Å². The average Bonchev–Trinajstić information content (AvgIpc) is 2.95. The Kier molecular flexibility index (Phi) is 4.04. The molecule has 0 saturated carbocycles. The molecule has 1 heterocycles. The molecule has 4 heteroatoms. The van der Waals surface area contributed by atoms with E-state index in [0.29, 0.717) is 13.2 Å². The molecule has 0 bridgehead atoms. The van der Waals surface area contributed by atoms with Crippen LogP contribution in [0.25, 0.3) is 0 Å². The van der Waals surface area contributed by atoms with Gasteiger partial charge < -0.3 is 14.8 Å². The molecule has 1 atom stereocenters. The molecule has 21 heavy (non-hydrogen) atoms. The van der Waals surface area contributed by atoms with Crippen LogP contribution in [0.5, 0.6) is 11.5 Å². The summed E-state index contributed by atoms with van der Waals surface area (Å²) in [6, 6.07) is 18.0. The van der Waals surface area contributed by atoms with E-state index < -0.39 is 0 Å². The number of rotatable bonds is 5. The molecule has 1 aliphatic heterocycles. The third kappa shape index (κ3) is 2.99. The van der Waals surface area contributed by atoms with E-state index in [0.717, 1.165) is 17.1 Å². The molecule has 4 nitrogen and oxygen atoms in total. The molecular weight excluding hydrogens is 264 g/mol. The van der Waals surface area contributed by atoms with E-state index in [1.165, 1.54) is 5.56 Å². The van der Waals surface area contributed by atoms with Crippen LogP contribution in [0.2, 0.25) is 0 Å². The number of fused-ring (bicyclic) bond motifs is 1. The summed E-state index contributed by atoms with van der Waals surface area (Å²) in [6.45, 7) is 1.37. The van der Waals surface area contributed by atoms with Crippen molar-refractivity contribution in [2.24, 2.45) is 0 Å². The minimum atomic E-state index is 0.0619. The van der Waals surface area contributed by atoms with Gasteiger partial charge in [0.2, 0.25) is 0 Å². The van der Waals surface area contributed by atoms with E-state index in [-0.39, 0.29) is 12.6 Å². The van der Waals surface area contributed by atoms with Gasteiger partial charge >= 0.3 is 0 Å². The zero-order chi connectivity index (χ0) is 14.5. The maximum atomic E-state index is 8.62. The van der Waals surface area contributed by atoms with Crippen molar-refractivity contribution in [2.75, 3.05) is 13.2 Å². The quantitative estimate of drug-likeness (QED) is 0.915. The van der Waals surface area contributed by atoms with Gasteiger partial charge in [-0.05, 0) is 12.1 Å². The van der Waals surface area contributed by atoms with E-state index in [1.54, 1.807) is 0 Å². The number of nitrogens with zero attached hydrogens (tertiary/aromatic N) is 1. The van der Waals surface area contributed by atoms with Crippen molar-refractivity contribution < 1.29 is 9.47 Å². The third-order valence-electron chi connectivity index (χ3n) is 3.50. The fourth-order valence-corrected chi connectivity index (χ4v) is 2.47. The Bertz CT molecular complexity index is 664. The highest BCUT2D eigenvalue weighted by Crippen LogP contribution is 2.32. The minimum Gasteiger partial charge on any atom is -0.491 e. The highest BCUT2D eigenvalue weighted by Gasteiger charge is 2.23. The van der Waals surface area contributed by atoms with Gasteiger partial charge in [0.15, 0.2) is 6.61 Å². The number of para-hydroxylation sites is 2. The molecule has 0 saturated heterocycles. The summed E-state index contributed by atoms with van der Waals surface area (Å²) in [4.78, 5) is 0. The number of nitrogens with one attached hydrogen (secondary N) is 1. The van der Waals surface area contributed by atoms with Gasteiger partial charge in [-0.2, -0.15) is 5.26 Å². The summed E-state index contributed by atoms with van der Waals surface area (Å²) in [7, 11) is 0. The number of hydrogen-bond donors (Lipinski definition) is 1. The zero-order valence-corrected chi connectivity index (χ0v) is 11.6. The van der Waals surface area contributed by atoms with Crippen molar-refractivity contribution >= 4 is 0 Å². The maximum absolute atomic E-state index is 8.62. The summed E-state index contributed by atoms with van der Waals surface area (Å²) in [5.74, 6) is 1.70. The standard InChI is InChI=1S/C17H16N2O2/c18-9-10-20-16-7-3-1-5-13(16)11-19-15-12-21-17-8-4-2-6-14(15)17/h1-8,15,19H,10-12H2. The van der Waals surface area contributed by atoms with Crippen LogP contribution in [0, 0.1) is 11.3 Å². The van der Waals surface area contributed by atoms with Crippen LogP contribution in [0.15, 0.2) is 48.5 Å². The summed E-state index contributed by atoms with van der Waals surface area (Å²) >= 11 is 0. The number of nitriles is 1. The van der Waals surface area contributed by atoms with E-state index in [1.807, 2.05) is 48.5 Å². The van der Waals surface area contributed by atoms with Crippen LogP contribution in [0.1, 0.15) is 17.2 Å². The van der Waals surface area contributed by atoms with Gasteiger partial charge in [0.1, 0.15) is 24.2 Å². The smallest absolute Gasteiger partial charge is 0.174 e. The Morgan fingerprint density at radius 3 is 2.90 bits per heavy atom. The summed E-state index contributed by atoms with van der Waals surface area (Å²) in [5.41, 5.74) is 2.23. The van der Waals surface area contributed by atoms with E-state index in [2.05, 4.69) is 11.4 Å². The first-order valence-electron chi connectivity index (χ1n) is 6.91. The van der Waals surface area contributed by atoms with Gasteiger partial charge in [-0.1, -0.05) is 36.4 Å². The second-order valence-corrected chi connectivity index (χ2v) is 4.84. The summed E-state index contributed by atoms with van der Waals surface area (Å²) in [5, 5.41) is 12.1. The molecule has 0 spiro atoms. The average molecular weight is 280 g/mol. The number of benzene rings is 2. The van der Waals surface area contributed by atoms with E-state index in [9.17, 15) is 0 Å². The van der Waals surface area contributed by atoms with Crippen LogP contribution in [0.4, 0.5) is 0 Å². The molecule has 2 aromatic carbocycles. The first-order chi connectivity index (χ1) is 10.4. The maximum Gasteiger partial charge on any atom is 0.174 e. The number of ether oxygens (including phenoxy) is 2. The van der Waals surface area contributed by atoms with Gasteiger partial charge in [-0.3, -0.25) is 0 Å². The molecule has 1 unspecified atom stereocenters. The molecule has 1 N–H and O–H groups in total. The van der Waals surface area contributed by atoms with Crippen LogP contribution in [-0.2, 0) is 6.54 Å². The van der Waals surface area contributed by atoms with Crippen molar-refractivity contribution in [1.29, 1.82) is 5.26 Å². The molecule has 0 fully saturated rings. The van der Waals surface area contributed by atoms with Gasteiger partial charge in [-0.15, -0.1) is 0 Å². The predicted octanol–water partition coefficient (Wildman–Crippen LogP) is 2.81. The van der Waals surface area contributed by atoms with Crippen LogP contribution in [-0.4, -0.2) is 13.2 Å². The topological polar surface area (TPSA) is 54.3 Å². The first kappa shape index (κ1) is 13.5. The third-order valence-corrected chi connectivity index (χ3v) is 3.50. The highest BCUT2D eigenvalue weighted by atomic mass is 16.5. The van der Waals surface area contributed by atoms with Gasteiger partial charge in [0.05, 0.1) is 6.04 Å². The van der Waals surface area contributed by atoms with E-state index >= 15 is 0 Å². The van der Waals surface area contributed by atoms with Crippen LogP contribution >= 0.6 is 0 Å². The Morgan fingerprint density at radius 2 is 2.00 bits per heavy atom. The molecule has 0 aromatic heterocycles. The lowest BCUT2D eigenvalue weighted by Crippen LogP contribution is -2.22. The predicted molar refractivity (Wildman–Crippen MR) is 79.1 cm³/mol. The molecule has 0 radical (unpaired) electrons. The van der Waals surface area contributed by atoms with E-state index in [4.69, 9.17) is 14.7 Å². The van der Waals surface area contributed by atoms with Gasteiger partial charge in [-0.25, -0.2) is 0 Å². The normalized spacial score (nSPS) is 15.9. The minimum absolute atomic E-state index is 0.0619. The van der Waals surface area contributed by atoms with Crippen LogP contribution in [0.3, 0.4) is 0 Å². The molecule has 0 aliphatic carbocycles. The number of hydrogen-bond acceptors (Lipinski definition) is 4. The SMILES string of the molecule is N#CCOc1ccccc1CNC1COc2ccccc21. The second-order valence-electron chi connectivity index (χ2n) is 4.84. The van der Waals surface area contributed by atoms with Crippen molar-refractivity contribution in [3.8, 4) is 17.6 Å². The Hall–Kier alpha value is -2.51. The van der Waals surface area contributed by atoms with Crippen molar-refractivity contribution in [1.82, 2.24) is 5.32 Å². The molecule has 3 rings (SSSR count). The second kappa shape index (κ2) is 6.29. The van der Waals surface area contributed by atoms with Crippen molar-refractivity contribution in [3.05, 3.63) is 59.7 Å². The largest absolute Gasteiger partial charge is 0.491 e. The molecular formula is C17H16N2O2. The fourth-order valence-electron chi connectivity index (χ4n) is 2.47. The summed E-state index contributed by atoms with van der Waals surface area (Å²) < 4.78 is 11.1. The monoisotopic (exact) mass is 280 g/mol. The van der Waals surface area contributed by atoms with Crippen LogP contribution < -0.4 is 14.8 Å². The van der Waals surface area contributed by atoms with Gasteiger partial charge in [0.25, 0.3) is 0 Å². The fraction of sp³-hybridized carbons (Fsp3) is 0.235. The molecule has 2 aromatic rings. The lowest BCUT2D eigenvalue weighted by atomic mass is 10.1.